The first-order chi connectivity index (χ1) is 14.7. The Labute approximate surface area is 181 Å². The van der Waals surface area contributed by atoms with Gasteiger partial charge in [-0.1, -0.05) is 55.8 Å². The van der Waals surface area contributed by atoms with Crippen LogP contribution in [-0.4, -0.2) is 24.5 Å². The lowest BCUT2D eigenvalue weighted by molar-refractivity contribution is -0.355. The van der Waals surface area contributed by atoms with Crippen molar-refractivity contribution in [3.05, 3.63) is 60.2 Å². The molecule has 0 aromatic heterocycles. The SMILES string of the molecule is CCCC1(C(C)OC(F)(F)F)CCC(OC(=O)c2ccc(-c3ccccc3)cc2)CC1. The zero-order chi connectivity index (χ0) is 22.5. The van der Waals surface area contributed by atoms with Crippen molar-refractivity contribution >= 4 is 5.97 Å². The van der Waals surface area contributed by atoms with Crippen molar-refractivity contribution < 1.29 is 27.4 Å². The van der Waals surface area contributed by atoms with E-state index in [0.717, 1.165) is 17.5 Å². The first-order valence-corrected chi connectivity index (χ1v) is 10.8. The predicted molar refractivity (Wildman–Crippen MR) is 113 cm³/mol. The van der Waals surface area contributed by atoms with Crippen molar-refractivity contribution in [1.82, 2.24) is 0 Å². The summed E-state index contributed by atoms with van der Waals surface area (Å²) in [5.41, 5.74) is 2.01. The summed E-state index contributed by atoms with van der Waals surface area (Å²) in [5.74, 6) is -0.396. The van der Waals surface area contributed by atoms with Crippen molar-refractivity contribution in [2.45, 2.75) is 70.9 Å². The van der Waals surface area contributed by atoms with Crippen LogP contribution in [0.5, 0.6) is 0 Å². The number of carbonyl (C=O) groups excluding carboxylic acids is 1. The molecule has 0 amide bonds. The smallest absolute Gasteiger partial charge is 0.459 e. The molecule has 0 bridgehead atoms. The van der Waals surface area contributed by atoms with Crippen LogP contribution in [0.2, 0.25) is 0 Å². The minimum atomic E-state index is -4.64. The number of esters is 1. The fraction of sp³-hybridized carbons (Fsp3) is 0.480. The standard InChI is InChI=1S/C25H29F3O3/c1-3-15-24(18(2)31-25(26,27)28)16-13-22(14-17-24)30-23(29)21-11-9-20(10-12-21)19-7-5-4-6-8-19/h4-12,18,22H,3,13-17H2,1-2H3. The average molecular weight is 434 g/mol. The van der Waals surface area contributed by atoms with Gasteiger partial charge < -0.3 is 4.74 Å². The van der Waals surface area contributed by atoms with Crippen molar-refractivity contribution in [2.24, 2.45) is 5.41 Å². The molecule has 0 heterocycles. The molecule has 1 unspecified atom stereocenters. The maximum atomic E-state index is 12.8. The summed E-state index contributed by atoms with van der Waals surface area (Å²) in [7, 11) is 0. The first-order valence-electron chi connectivity index (χ1n) is 10.8. The van der Waals surface area contributed by atoms with Crippen LogP contribution in [-0.2, 0) is 9.47 Å². The van der Waals surface area contributed by atoms with E-state index in [1.54, 1.807) is 12.1 Å². The third-order valence-corrected chi connectivity index (χ3v) is 6.35. The molecule has 1 atom stereocenters. The highest BCUT2D eigenvalue weighted by atomic mass is 19.4. The molecule has 1 aliphatic carbocycles. The van der Waals surface area contributed by atoms with Gasteiger partial charge in [-0.15, -0.1) is 13.2 Å². The van der Waals surface area contributed by atoms with Crippen LogP contribution in [0.15, 0.2) is 54.6 Å². The molecular weight excluding hydrogens is 405 g/mol. The Bertz CT molecular complexity index is 839. The lowest BCUT2D eigenvalue weighted by Gasteiger charge is -2.44. The normalized spacial score (nSPS) is 22.7. The first kappa shape index (κ1) is 23.3. The molecule has 0 aliphatic heterocycles. The largest absolute Gasteiger partial charge is 0.522 e. The van der Waals surface area contributed by atoms with Crippen molar-refractivity contribution in [3.8, 4) is 11.1 Å². The summed E-state index contributed by atoms with van der Waals surface area (Å²) in [6.07, 6.45) is -2.24. The number of hydrogen-bond acceptors (Lipinski definition) is 3. The van der Waals surface area contributed by atoms with Crippen LogP contribution in [0.3, 0.4) is 0 Å². The molecule has 0 spiro atoms. The number of carbonyl (C=O) groups is 1. The van der Waals surface area contributed by atoms with E-state index in [1.807, 2.05) is 49.4 Å². The Morgan fingerprint density at radius 2 is 1.61 bits per heavy atom. The number of halogens is 3. The summed E-state index contributed by atoms with van der Waals surface area (Å²) < 4.78 is 48.3. The molecule has 0 radical (unpaired) electrons. The quantitative estimate of drug-likeness (QED) is 0.434. The third kappa shape index (κ3) is 6.10. The van der Waals surface area contributed by atoms with Gasteiger partial charge in [0.25, 0.3) is 0 Å². The van der Waals surface area contributed by atoms with Gasteiger partial charge in [-0.05, 0) is 67.7 Å². The topological polar surface area (TPSA) is 35.5 Å². The van der Waals surface area contributed by atoms with Crippen LogP contribution < -0.4 is 0 Å². The van der Waals surface area contributed by atoms with Crippen LogP contribution in [0.25, 0.3) is 11.1 Å². The molecule has 0 saturated heterocycles. The van der Waals surface area contributed by atoms with E-state index in [2.05, 4.69) is 4.74 Å². The summed E-state index contributed by atoms with van der Waals surface area (Å²) in [6.45, 7) is 3.47. The van der Waals surface area contributed by atoms with Crippen molar-refractivity contribution in [2.75, 3.05) is 0 Å². The van der Waals surface area contributed by atoms with Crippen LogP contribution >= 0.6 is 0 Å². The molecule has 168 valence electrons. The molecule has 1 fully saturated rings. The highest BCUT2D eigenvalue weighted by Crippen LogP contribution is 2.46. The molecule has 6 heteroatoms. The predicted octanol–water partition coefficient (Wildman–Crippen LogP) is 7.16. The number of hydrogen-bond donors (Lipinski definition) is 0. The van der Waals surface area contributed by atoms with Gasteiger partial charge >= 0.3 is 12.3 Å². The third-order valence-electron chi connectivity index (χ3n) is 6.35. The summed E-state index contributed by atoms with van der Waals surface area (Å²) >= 11 is 0. The Morgan fingerprint density at radius 1 is 1.03 bits per heavy atom. The molecular formula is C25H29F3O3. The van der Waals surface area contributed by atoms with Crippen LogP contribution in [0, 0.1) is 5.41 Å². The fourth-order valence-electron chi connectivity index (χ4n) is 4.62. The van der Waals surface area contributed by atoms with Gasteiger partial charge in [-0.2, -0.15) is 0 Å². The van der Waals surface area contributed by atoms with Crippen LogP contribution in [0.4, 0.5) is 13.2 Å². The van der Waals surface area contributed by atoms with E-state index >= 15 is 0 Å². The molecule has 1 aliphatic rings. The Hall–Kier alpha value is -2.34. The lowest BCUT2D eigenvalue weighted by atomic mass is 9.67. The highest BCUT2D eigenvalue weighted by Gasteiger charge is 2.45. The summed E-state index contributed by atoms with van der Waals surface area (Å²) in [6, 6.07) is 17.1. The number of benzene rings is 2. The molecule has 3 nitrogen and oxygen atoms in total. The second-order valence-electron chi connectivity index (χ2n) is 8.37. The zero-order valence-corrected chi connectivity index (χ0v) is 18.0. The van der Waals surface area contributed by atoms with E-state index in [0.29, 0.717) is 37.7 Å². The highest BCUT2D eigenvalue weighted by molar-refractivity contribution is 5.90. The number of alkyl halides is 3. The zero-order valence-electron chi connectivity index (χ0n) is 18.0. The van der Waals surface area contributed by atoms with Crippen molar-refractivity contribution in [1.29, 1.82) is 0 Å². The molecule has 0 N–H and O–H groups in total. The van der Waals surface area contributed by atoms with Gasteiger partial charge in [0.15, 0.2) is 0 Å². The van der Waals surface area contributed by atoms with Crippen molar-refractivity contribution in [3.63, 3.8) is 0 Å². The minimum absolute atomic E-state index is 0.288. The van der Waals surface area contributed by atoms with Crippen LogP contribution in [0.1, 0.15) is 62.7 Å². The summed E-state index contributed by atoms with van der Waals surface area (Å²) in [5, 5.41) is 0. The average Bonchev–Trinajstić information content (AvgIpc) is 2.75. The van der Waals surface area contributed by atoms with Gasteiger partial charge in [0.05, 0.1) is 11.7 Å². The minimum Gasteiger partial charge on any atom is -0.459 e. The Balaban J connectivity index is 1.59. The number of rotatable bonds is 7. The Kier molecular flexibility index (Phi) is 7.42. The second kappa shape index (κ2) is 9.86. The molecule has 1 saturated carbocycles. The van der Waals surface area contributed by atoms with E-state index in [1.165, 1.54) is 6.92 Å². The molecule has 31 heavy (non-hydrogen) atoms. The van der Waals surface area contributed by atoms with E-state index < -0.39 is 23.9 Å². The second-order valence-corrected chi connectivity index (χ2v) is 8.37. The van der Waals surface area contributed by atoms with Gasteiger partial charge in [0.1, 0.15) is 6.10 Å². The molecule has 3 rings (SSSR count). The monoisotopic (exact) mass is 434 g/mol. The Morgan fingerprint density at radius 3 is 2.16 bits per heavy atom. The molecule has 2 aromatic carbocycles. The van der Waals surface area contributed by atoms with Gasteiger partial charge in [-0.25, -0.2) is 4.79 Å². The maximum absolute atomic E-state index is 12.8. The van der Waals surface area contributed by atoms with E-state index in [4.69, 9.17) is 4.74 Å². The van der Waals surface area contributed by atoms with E-state index in [-0.39, 0.29) is 6.10 Å². The maximum Gasteiger partial charge on any atom is 0.522 e. The fourth-order valence-corrected chi connectivity index (χ4v) is 4.62. The summed E-state index contributed by atoms with van der Waals surface area (Å²) in [4.78, 5) is 12.6. The van der Waals surface area contributed by atoms with Gasteiger partial charge in [0.2, 0.25) is 0 Å². The molecule has 2 aromatic rings. The van der Waals surface area contributed by atoms with Gasteiger partial charge in [0, 0.05) is 0 Å². The number of ether oxygens (including phenoxy) is 2. The lowest BCUT2D eigenvalue weighted by Crippen LogP contribution is -2.43. The van der Waals surface area contributed by atoms with Gasteiger partial charge in [-0.3, -0.25) is 4.74 Å². The van der Waals surface area contributed by atoms with E-state index in [9.17, 15) is 18.0 Å².